The van der Waals surface area contributed by atoms with Gasteiger partial charge in [-0.15, -0.1) is 0 Å². The van der Waals surface area contributed by atoms with Gasteiger partial charge in [-0.05, 0) is 35.2 Å². The molecule has 104 valence electrons. The maximum Gasteiger partial charge on any atom is 0.334 e. The number of nitrogens with zero attached hydrogens (tertiary/aromatic N) is 1. The van der Waals surface area contributed by atoms with Gasteiger partial charge in [0.2, 0.25) is 0 Å². The lowest BCUT2D eigenvalue weighted by Crippen LogP contribution is -2.45. The summed E-state index contributed by atoms with van der Waals surface area (Å²) in [5, 5.41) is 24.1. The number of aliphatic carboxylic acids is 1. The zero-order chi connectivity index (χ0) is 13.8. The molecule has 1 saturated carbocycles. The quantitative estimate of drug-likeness (QED) is 0.723. The third-order valence-corrected chi connectivity index (χ3v) is 3.65. The van der Waals surface area contributed by atoms with Crippen LogP contribution in [0.2, 0.25) is 0 Å². The molecule has 1 atom stereocenters. The van der Waals surface area contributed by atoms with E-state index in [9.17, 15) is 9.59 Å². The van der Waals surface area contributed by atoms with E-state index in [0.717, 1.165) is 18.4 Å². The van der Waals surface area contributed by atoms with Crippen molar-refractivity contribution >= 4 is 23.3 Å². The minimum Gasteiger partial charge on any atom is -0.479 e. The molecule has 1 aromatic rings. The second-order valence-corrected chi connectivity index (χ2v) is 5.31. The summed E-state index contributed by atoms with van der Waals surface area (Å²) in [5.74, 6) is -1.34. The number of thiophene rings is 1. The number of aliphatic hydroxyl groups is 1. The molecule has 0 spiro atoms. The summed E-state index contributed by atoms with van der Waals surface area (Å²) in [5.41, 5.74) is 1.06. The molecule has 2 rings (SSSR count). The molecule has 19 heavy (non-hydrogen) atoms. The van der Waals surface area contributed by atoms with Crippen molar-refractivity contribution in [2.24, 2.45) is 0 Å². The van der Waals surface area contributed by atoms with Gasteiger partial charge < -0.3 is 20.4 Å². The third kappa shape index (κ3) is 3.93. The van der Waals surface area contributed by atoms with Crippen LogP contribution >= 0.6 is 11.3 Å². The monoisotopic (exact) mass is 284 g/mol. The first kappa shape index (κ1) is 13.8. The first-order valence-corrected chi connectivity index (χ1v) is 6.98. The number of carbonyl (C=O) groups excluding carboxylic acids is 1. The number of rotatable bonds is 6. The maximum absolute atomic E-state index is 12.0. The van der Waals surface area contributed by atoms with Crippen LogP contribution in [0.15, 0.2) is 16.8 Å². The zero-order valence-electron chi connectivity index (χ0n) is 10.3. The number of amides is 2. The Morgan fingerprint density at radius 2 is 2.26 bits per heavy atom. The minimum atomic E-state index is -1.56. The molecule has 1 heterocycles. The standard InChI is InChI=1S/C12H16N2O4S/c15-10(11(16)17)5-13-12(18)14(9-1-2-9)6-8-3-4-19-7-8/h3-4,7,9-10,15H,1-2,5-6H2,(H,13,18)(H,16,17)/t10-/m0/s1. The van der Waals surface area contributed by atoms with Gasteiger partial charge in [0.1, 0.15) is 0 Å². The first-order valence-electron chi connectivity index (χ1n) is 6.04. The lowest BCUT2D eigenvalue weighted by Gasteiger charge is -2.22. The van der Waals surface area contributed by atoms with Crippen LogP contribution < -0.4 is 5.32 Å². The number of urea groups is 1. The van der Waals surface area contributed by atoms with Crippen LogP contribution in [0.25, 0.3) is 0 Å². The van der Waals surface area contributed by atoms with Gasteiger partial charge in [0.15, 0.2) is 6.10 Å². The largest absolute Gasteiger partial charge is 0.479 e. The van der Waals surface area contributed by atoms with Gasteiger partial charge in [-0.1, -0.05) is 0 Å². The van der Waals surface area contributed by atoms with Crippen LogP contribution in [0.3, 0.4) is 0 Å². The molecule has 1 aliphatic carbocycles. The molecular formula is C12H16N2O4S. The fourth-order valence-corrected chi connectivity index (χ4v) is 2.36. The van der Waals surface area contributed by atoms with Crippen LogP contribution in [0.1, 0.15) is 18.4 Å². The highest BCUT2D eigenvalue weighted by Crippen LogP contribution is 2.28. The predicted molar refractivity (Wildman–Crippen MR) is 69.9 cm³/mol. The molecular weight excluding hydrogens is 268 g/mol. The van der Waals surface area contributed by atoms with E-state index in [0.29, 0.717) is 6.54 Å². The Balaban J connectivity index is 1.88. The summed E-state index contributed by atoms with van der Waals surface area (Å²) in [7, 11) is 0. The van der Waals surface area contributed by atoms with Crippen molar-refractivity contribution < 1.29 is 19.8 Å². The van der Waals surface area contributed by atoms with Crippen molar-refractivity contribution in [3.05, 3.63) is 22.4 Å². The van der Waals surface area contributed by atoms with Gasteiger partial charge in [-0.3, -0.25) is 0 Å². The molecule has 1 aromatic heterocycles. The summed E-state index contributed by atoms with van der Waals surface area (Å²) in [6, 6.07) is 1.86. The molecule has 0 aliphatic heterocycles. The van der Waals surface area contributed by atoms with E-state index in [1.54, 1.807) is 16.2 Å². The Kier molecular flexibility index (Phi) is 4.39. The second kappa shape index (κ2) is 6.03. The molecule has 6 nitrogen and oxygen atoms in total. The molecule has 0 bridgehead atoms. The summed E-state index contributed by atoms with van der Waals surface area (Å²) < 4.78 is 0. The summed E-state index contributed by atoms with van der Waals surface area (Å²) in [6.45, 7) is 0.240. The fourth-order valence-electron chi connectivity index (χ4n) is 1.71. The molecule has 3 N–H and O–H groups in total. The van der Waals surface area contributed by atoms with Gasteiger partial charge in [-0.2, -0.15) is 11.3 Å². The topological polar surface area (TPSA) is 89.9 Å². The maximum atomic E-state index is 12.0. The average Bonchev–Trinajstić information content (AvgIpc) is 3.09. The van der Waals surface area contributed by atoms with Crippen LogP contribution in [-0.2, 0) is 11.3 Å². The van der Waals surface area contributed by atoms with Crippen molar-refractivity contribution in [1.29, 1.82) is 0 Å². The predicted octanol–water partition coefficient (Wildman–Crippen LogP) is 0.868. The van der Waals surface area contributed by atoms with Crippen LogP contribution in [0, 0.1) is 0 Å². The molecule has 2 amide bonds. The highest BCUT2D eigenvalue weighted by Gasteiger charge is 2.32. The number of carboxylic acid groups (broad SMARTS) is 1. The Labute approximate surface area is 114 Å². The van der Waals surface area contributed by atoms with Crippen molar-refractivity contribution in [2.45, 2.75) is 31.5 Å². The van der Waals surface area contributed by atoms with E-state index in [2.05, 4.69) is 5.32 Å². The third-order valence-electron chi connectivity index (χ3n) is 2.91. The number of carboxylic acids is 1. The van der Waals surface area contributed by atoms with Gasteiger partial charge in [-0.25, -0.2) is 9.59 Å². The number of carbonyl (C=O) groups is 2. The van der Waals surface area contributed by atoms with Crippen molar-refractivity contribution in [1.82, 2.24) is 10.2 Å². The lowest BCUT2D eigenvalue weighted by atomic mass is 10.3. The molecule has 0 unspecified atom stereocenters. The normalized spacial score (nSPS) is 15.8. The Hall–Kier alpha value is -1.60. The van der Waals surface area contributed by atoms with Crippen LogP contribution in [0.4, 0.5) is 4.79 Å². The van der Waals surface area contributed by atoms with Crippen molar-refractivity contribution in [2.75, 3.05) is 6.54 Å². The van der Waals surface area contributed by atoms with E-state index in [-0.39, 0.29) is 18.6 Å². The molecule has 1 aliphatic rings. The minimum absolute atomic E-state index is 0.224. The highest BCUT2D eigenvalue weighted by atomic mass is 32.1. The van der Waals surface area contributed by atoms with Crippen LogP contribution in [-0.4, -0.2) is 45.8 Å². The van der Waals surface area contributed by atoms with Gasteiger partial charge in [0.05, 0.1) is 6.54 Å². The Morgan fingerprint density at radius 3 is 2.79 bits per heavy atom. The molecule has 7 heteroatoms. The zero-order valence-corrected chi connectivity index (χ0v) is 11.1. The summed E-state index contributed by atoms with van der Waals surface area (Å²) in [4.78, 5) is 24.2. The number of hydrogen-bond donors (Lipinski definition) is 3. The smallest absolute Gasteiger partial charge is 0.334 e. The number of aliphatic hydroxyl groups excluding tert-OH is 1. The highest BCUT2D eigenvalue weighted by molar-refractivity contribution is 7.07. The van der Waals surface area contributed by atoms with E-state index in [1.807, 2.05) is 16.8 Å². The Morgan fingerprint density at radius 1 is 1.53 bits per heavy atom. The summed E-state index contributed by atoms with van der Waals surface area (Å²) >= 11 is 1.57. The first-order chi connectivity index (χ1) is 9.08. The van der Waals surface area contributed by atoms with E-state index >= 15 is 0 Å². The number of hydrogen-bond acceptors (Lipinski definition) is 4. The van der Waals surface area contributed by atoms with Crippen LogP contribution in [0.5, 0.6) is 0 Å². The van der Waals surface area contributed by atoms with E-state index in [1.165, 1.54) is 0 Å². The average molecular weight is 284 g/mol. The van der Waals surface area contributed by atoms with E-state index in [4.69, 9.17) is 10.2 Å². The SMILES string of the molecule is O=C(O)[C@@H](O)CNC(=O)N(Cc1ccsc1)C1CC1. The van der Waals surface area contributed by atoms with Crippen molar-refractivity contribution in [3.8, 4) is 0 Å². The number of nitrogens with one attached hydrogen (secondary N) is 1. The van der Waals surface area contributed by atoms with Crippen molar-refractivity contribution in [3.63, 3.8) is 0 Å². The molecule has 0 saturated heterocycles. The summed E-state index contributed by atoms with van der Waals surface area (Å²) in [6.07, 6.45) is 0.379. The molecule has 0 aromatic carbocycles. The van der Waals surface area contributed by atoms with Gasteiger partial charge in [0, 0.05) is 12.6 Å². The second-order valence-electron chi connectivity index (χ2n) is 4.53. The van der Waals surface area contributed by atoms with Gasteiger partial charge in [0.25, 0.3) is 0 Å². The molecule has 1 fully saturated rings. The van der Waals surface area contributed by atoms with E-state index < -0.39 is 12.1 Å². The van der Waals surface area contributed by atoms with Gasteiger partial charge >= 0.3 is 12.0 Å². The molecule has 0 radical (unpaired) electrons. The lowest BCUT2D eigenvalue weighted by molar-refractivity contribution is -0.146. The Bertz CT molecular complexity index is 445. The fraction of sp³-hybridized carbons (Fsp3) is 0.500.